The first kappa shape index (κ1) is 10.3. The third kappa shape index (κ3) is 1.92. The maximum absolute atomic E-state index is 6.23. The highest BCUT2D eigenvalue weighted by Crippen LogP contribution is 2.35. The molecule has 1 aliphatic heterocycles. The third-order valence-electron chi connectivity index (χ3n) is 2.64. The first-order chi connectivity index (χ1) is 6.83. The van der Waals surface area contributed by atoms with E-state index in [9.17, 15) is 0 Å². The van der Waals surface area contributed by atoms with Crippen LogP contribution in [0.5, 0.6) is 0 Å². The van der Waals surface area contributed by atoms with E-state index in [0.29, 0.717) is 6.04 Å². The summed E-state index contributed by atoms with van der Waals surface area (Å²) < 4.78 is 0. The van der Waals surface area contributed by atoms with Crippen LogP contribution in [-0.2, 0) is 0 Å². The Morgan fingerprint density at radius 3 is 3.00 bits per heavy atom. The number of hydrogen-bond acceptors (Lipinski definition) is 2. The fourth-order valence-electron chi connectivity index (χ4n) is 1.96. The van der Waals surface area contributed by atoms with E-state index in [0.717, 1.165) is 11.6 Å². The van der Waals surface area contributed by atoms with Crippen LogP contribution in [0.2, 0.25) is 5.02 Å². The maximum atomic E-state index is 6.23. The van der Waals surface area contributed by atoms with Gasteiger partial charge in [0.2, 0.25) is 0 Å². The standard InChI is InChI=1S/C11H14ClNS/c1-14-10-6-2-4-8(12)11(10)9-5-3-7-13-9/h2,4,6,9,13H,3,5,7H2,1H3. The highest BCUT2D eigenvalue weighted by atomic mass is 35.5. The second-order valence-electron chi connectivity index (χ2n) is 3.50. The van der Waals surface area contributed by atoms with E-state index in [4.69, 9.17) is 11.6 Å². The molecule has 1 N–H and O–H groups in total. The fourth-order valence-corrected chi connectivity index (χ4v) is 3.01. The Balaban J connectivity index is 2.37. The largest absolute Gasteiger partial charge is 0.310 e. The van der Waals surface area contributed by atoms with Crippen LogP contribution in [-0.4, -0.2) is 12.8 Å². The molecule has 0 bridgehead atoms. The quantitative estimate of drug-likeness (QED) is 0.777. The molecule has 0 saturated carbocycles. The summed E-state index contributed by atoms with van der Waals surface area (Å²) >= 11 is 8.01. The lowest BCUT2D eigenvalue weighted by Crippen LogP contribution is -2.14. The molecule has 3 heteroatoms. The monoisotopic (exact) mass is 227 g/mol. The minimum absolute atomic E-state index is 0.464. The minimum Gasteiger partial charge on any atom is -0.310 e. The van der Waals surface area contributed by atoms with Gasteiger partial charge in [0.1, 0.15) is 0 Å². The van der Waals surface area contributed by atoms with E-state index in [1.54, 1.807) is 11.8 Å². The van der Waals surface area contributed by atoms with Gasteiger partial charge in [-0.3, -0.25) is 0 Å². The van der Waals surface area contributed by atoms with Crippen molar-refractivity contribution in [1.29, 1.82) is 0 Å². The molecule has 0 aliphatic carbocycles. The fraction of sp³-hybridized carbons (Fsp3) is 0.455. The Bertz CT molecular complexity index is 321. The number of hydrogen-bond donors (Lipinski definition) is 1. The molecule has 1 aromatic carbocycles. The van der Waals surface area contributed by atoms with Crippen LogP contribution in [0.15, 0.2) is 23.1 Å². The van der Waals surface area contributed by atoms with Crippen molar-refractivity contribution in [2.45, 2.75) is 23.8 Å². The van der Waals surface area contributed by atoms with Gasteiger partial charge >= 0.3 is 0 Å². The highest BCUT2D eigenvalue weighted by Gasteiger charge is 2.21. The zero-order valence-electron chi connectivity index (χ0n) is 8.22. The number of halogens is 1. The van der Waals surface area contributed by atoms with E-state index in [1.807, 2.05) is 12.1 Å². The summed E-state index contributed by atoms with van der Waals surface area (Å²) in [5.74, 6) is 0. The second-order valence-corrected chi connectivity index (χ2v) is 4.76. The normalized spacial score (nSPS) is 21.4. The Hall–Kier alpha value is -0.180. The summed E-state index contributed by atoms with van der Waals surface area (Å²) in [6, 6.07) is 6.61. The molecule has 1 nitrogen and oxygen atoms in total. The van der Waals surface area contributed by atoms with E-state index in [-0.39, 0.29) is 0 Å². The average Bonchev–Trinajstić information content (AvgIpc) is 2.70. The summed E-state index contributed by atoms with van der Waals surface area (Å²) in [5, 5.41) is 4.39. The van der Waals surface area contributed by atoms with Gasteiger partial charge in [-0.2, -0.15) is 0 Å². The zero-order valence-corrected chi connectivity index (χ0v) is 9.79. The van der Waals surface area contributed by atoms with Gasteiger partial charge < -0.3 is 5.32 Å². The average molecular weight is 228 g/mol. The van der Waals surface area contributed by atoms with Crippen molar-refractivity contribution in [2.24, 2.45) is 0 Å². The molecule has 1 aromatic rings. The zero-order chi connectivity index (χ0) is 9.97. The molecule has 1 heterocycles. The number of rotatable bonds is 2. The Kier molecular flexibility index (Phi) is 3.37. The van der Waals surface area contributed by atoms with Crippen molar-refractivity contribution in [2.75, 3.05) is 12.8 Å². The van der Waals surface area contributed by atoms with Crippen LogP contribution >= 0.6 is 23.4 Å². The number of nitrogens with one attached hydrogen (secondary N) is 1. The van der Waals surface area contributed by atoms with E-state index in [2.05, 4.69) is 17.6 Å². The maximum Gasteiger partial charge on any atom is 0.0465 e. The molecule has 14 heavy (non-hydrogen) atoms. The smallest absolute Gasteiger partial charge is 0.0465 e. The molecule has 0 radical (unpaired) electrons. The molecule has 0 amide bonds. The summed E-state index contributed by atoms with van der Waals surface area (Å²) in [5.41, 5.74) is 1.29. The lowest BCUT2D eigenvalue weighted by Gasteiger charge is -2.16. The van der Waals surface area contributed by atoms with Crippen LogP contribution < -0.4 is 5.32 Å². The van der Waals surface area contributed by atoms with Crippen LogP contribution in [0.3, 0.4) is 0 Å². The second kappa shape index (κ2) is 4.56. The summed E-state index contributed by atoms with van der Waals surface area (Å²) in [4.78, 5) is 1.30. The molecule has 1 atom stereocenters. The Morgan fingerprint density at radius 2 is 2.36 bits per heavy atom. The molecule has 1 aliphatic rings. The molecule has 0 spiro atoms. The minimum atomic E-state index is 0.464. The number of benzene rings is 1. The summed E-state index contributed by atoms with van der Waals surface area (Å²) in [6.07, 6.45) is 4.56. The lowest BCUT2D eigenvalue weighted by atomic mass is 10.1. The topological polar surface area (TPSA) is 12.0 Å². The molecule has 1 saturated heterocycles. The molecular formula is C11H14ClNS. The highest BCUT2D eigenvalue weighted by molar-refractivity contribution is 7.98. The molecule has 2 rings (SSSR count). The van der Waals surface area contributed by atoms with Gasteiger partial charge in [-0.05, 0) is 37.8 Å². The lowest BCUT2D eigenvalue weighted by molar-refractivity contribution is 0.637. The van der Waals surface area contributed by atoms with Crippen molar-refractivity contribution >= 4 is 23.4 Å². The first-order valence-corrected chi connectivity index (χ1v) is 6.49. The Morgan fingerprint density at radius 1 is 1.50 bits per heavy atom. The van der Waals surface area contributed by atoms with Crippen molar-refractivity contribution < 1.29 is 0 Å². The predicted octanol–water partition coefficient (Wildman–Crippen LogP) is 3.49. The van der Waals surface area contributed by atoms with Gasteiger partial charge in [0.05, 0.1) is 0 Å². The SMILES string of the molecule is CSc1cccc(Cl)c1C1CCCN1. The van der Waals surface area contributed by atoms with Crippen LogP contribution in [0.4, 0.5) is 0 Å². The van der Waals surface area contributed by atoms with E-state index in [1.165, 1.54) is 23.3 Å². The van der Waals surface area contributed by atoms with Crippen molar-refractivity contribution in [1.82, 2.24) is 5.32 Å². The van der Waals surface area contributed by atoms with Gasteiger partial charge in [-0.15, -0.1) is 11.8 Å². The van der Waals surface area contributed by atoms with Gasteiger partial charge in [-0.25, -0.2) is 0 Å². The molecule has 0 aromatic heterocycles. The van der Waals surface area contributed by atoms with Gasteiger partial charge in [0.25, 0.3) is 0 Å². The molecular weight excluding hydrogens is 214 g/mol. The van der Waals surface area contributed by atoms with Gasteiger partial charge in [-0.1, -0.05) is 17.7 Å². The van der Waals surface area contributed by atoms with Gasteiger partial charge in [0, 0.05) is 21.5 Å². The molecule has 1 fully saturated rings. The van der Waals surface area contributed by atoms with Crippen molar-refractivity contribution in [3.05, 3.63) is 28.8 Å². The summed E-state index contributed by atoms with van der Waals surface area (Å²) in [7, 11) is 0. The van der Waals surface area contributed by atoms with Gasteiger partial charge in [0.15, 0.2) is 0 Å². The number of thioether (sulfide) groups is 1. The molecule has 76 valence electrons. The Labute approximate surface area is 94.2 Å². The van der Waals surface area contributed by atoms with Crippen molar-refractivity contribution in [3.63, 3.8) is 0 Å². The summed E-state index contributed by atoms with van der Waals surface area (Å²) in [6.45, 7) is 1.11. The predicted molar refractivity (Wildman–Crippen MR) is 63.2 cm³/mol. The van der Waals surface area contributed by atoms with Crippen LogP contribution in [0.1, 0.15) is 24.4 Å². The van der Waals surface area contributed by atoms with E-state index < -0.39 is 0 Å². The van der Waals surface area contributed by atoms with Crippen LogP contribution in [0.25, 0.3) is 0 Å². The first-order valence-electron chi connectivity index (χ1n) is 4.88. The van der Waals surface area contributed by atoms with Crippen LogP contribution in [0, 0.1) is 0 Å². The van der Waals surface area contributed by atoms with Crippen molar-refractivity contribution in [3.8, 4) is 0 Å². The molecule has 1 unspecified atom stereocenters. The third-order valence-corrected chi connectivity index (χ3v) is 3.77. The van der Waals surface area contributed by atoms with E-state index >= 15 is 0 Å².